The predicted octanol–water partition coefficient (Wildman–Crippen LogP) is 2.60. The lowest BCUT2D eigenvalue weighted by atomic mass is 9.86. The lowest BCUT2D eigenvalue weighted by Crippen LogP contribution is -2.45. The van der Waals surface area contributed by atoms with Crippen LogP contribution in [0, 0.1) is 11.8 Å². The van der Waals surface area contributed by atoms with E-state index in [-0.39, 0.29) is 0 Å². The maximum Gasteiger partial charge on any atom is 0.121 e. The lowest BCUT2D eigenvalue weighted by Gasteiger charge is -2.41. The predicted molar refractivity (Wildman–Crippen MR) is 69.4 cm³/mol. The van der Waals surface area contributed by atoms with E-state index in [0.29, 0.717) is 12.6 Å². The summed E-state index contributed by atoms with van der Waals surface area (Å²) in [4.78, 5) is 2.56. The van der Waals surface area contributed by atoms with Gasteiger partial charge in [0, 0.05) is 24.7 Å². The second kappa shape index (κ2) is 5.23. The molecule has 0 bridgehead atoms. The number of hydrogen-bond acceptors (Lipinski definition) is 3. The van der Waals surface area contributed by atoms with Crippen molar-refractivity contribution in [3.63, 3.8) is 0 Å². The van der Waals surface area contributed by atoms with Crippen LogP contribution in [0.1, 0.15) is 38.5 Å². The van der Waals surface area contributed by atoms with E-state index >= 15 is 0 Å². The maximum absolute atomic E-state index is 5.68. The molecule has 17 heavy (non-hydrogen) atoms. The van der Waals surface area contributed by atoms with Gasteiger partial charge in [0.05, 0.1) is 12.8 Å². The Hall–Kier alpha value is -0.800. The summed E-state index contributed by atoms with van der Waals surface area (Å²) >= 11 is 0. The van der Waals surface area contributed by atoms with Gasteiger partial charge < -0.3 is 10.2 Å². The Bertz CT molecular complexity index is 361. The topological polar surface area (TPSA) is 42.4 Å². The Morgan fingerprint density at radius 3 is 2.88 bits per heavy atom. The van der Waals surface area contributed by atoms with E-state index in [1.54, 1.807) is 6.26 Å². The van der Waals surface area contributed by atoms with Crippen molar-refractivity contribution in [1.29, 1.82) is 0 Å². The molecule has 0 aromatic carbocycles. The molecule has 1 fully saturated rings. The highest BCUT2D eigenvalue weighted by Gasteiger charge is 2.29. The van der Waals surface area contributed by atoms with Crippen LogP contribution in [-0.4, -0.2) is 17.5 Å². The molecular weight excluding hydrogens is 212 g/mol. The highest BCUT2D eigenvalue weighted by molar-refractivity contribution is 5.17. The van der Waals surface area contributed by atoms with E-state index < -0.39 is 0 Å². The molecule has 0 spiro atoms. The third-order valence-corrected chi connectivity index (χ3v) is 4.12. The van der Waals surface area contributed by atoms with Crippen LogP contribution < -0.4 is 5.73 Å². The maximum atomic E-state index is 5.68. The van der Waals surface area contributed by atoms with Gasteiger partial charge in [0.1, 0.15) is 5.76 Å². The molecule has 0 aliphatic carbocycles. The van der Waals surface area contributed by atoms with Crippen LogP contribution in [0.15, 0.2) is 16.7 Å². The zero-order valence-corrected chi connectivity index (χ0v) is 11.1. The highest BCUT2D eigenvalue weighted by atomic mass is 16.3. The molecule has 1 aromatic heterocycles. The summed E-state index contributed by atoms with van der Waals surface area (Å²) in [6.45, 7) is 9.68. The average molecular weight is 236 g/mol. The number of nitrogens with two attached hydrogens (primary N) is 1. The van der Waals surface area contributed by atoms with Crippen molar-refractivity contribution in [2.75, 3.05) is 6.54 Å². The van der Waals surface area contributed by atoms with Crippen molar-refractivity contribution in [3.8, 4) is 0 Å². The number of nitrogens with zero attached hydrogens (tertiary/aromatic N) is 1. The number of piperidine rings is 1. The molecule has 3 heteroatoms. The Balaban J connectivity index is 2.07. The van der Waals surface area contributed by atoms with Gasteiger partial charge in [-0.15, -0.1) is 0 Å². The van der Waals surface area contributed by atoms with E-state index in [1.165, 1.54) is 18.5 Å². The second-order valence-electron chi connectivity index (χ2n) is 5.56. The molecule has 1 saturated heterocycles. The molecule has 2 N–H and O–H groups in total. The van der Waals surface area contributed by atoms with E-state index in [1.807, 2.05) is 0 Å². The third-order valence-electron chi connectivity index (χ3n) is 4.12. The van der Waals surface area contributed by atoms with Crippen LogP contribution in [-0.2, 0) is 13.1 Å². The van der Waals surface area contributed by atoms with Crippen LogP contribution in [0.4, 0.5) is 0 Å². The molecule has 0 radical (unpaired) electrons. The van der Waals surface area contributed by atoms with Gasteiger partial charge in [0.15, 0.2) is 0 Å². The summed E-state index contributed by atoms with van der Waals surface area (Å²) in [5.74, 6) is 2.49. The van der Waals surface area contributed by atoms with Crippen molar-refractivity contribution in [2.24, 2.45) is 17.6 Å². The molecule has 1 aliphatic rings. The molecule has 3 unspecified atom stereocenters. The summed E-state index contributed by atoms with van der Waals surface area (Å²) in [5, 5.41) is 0. The highest BCUT2D eigenvalue weighted by Crippen LogP contribution is 2.28. The SMILES string of the molecule is CC1CC(C)C(C)N(Cc2ccoc2CN)C1. The minimum atomic E-state index is 0.496. The van der Waals surface area contributed by atoms with Crippen LogP contribution >= 0.6 is 0 Å². The van der Waals surface area contributed by atoms with Crippen molar-refractivity contribution in [1.82, 2.24) is 4.90 Å². The van der Waals surface area contributed by atoms with Crippen LogP contribution in [0.5, 0.6) is 0 Å². The lowest BCUT2D eigenvalue weighted by molar-refractivity contribution is 0.0724. The smallest absolute Gasteiger partial charge is 0.121 e. The first-order valence-electron chi connectivity index (χ1n) is 6.61. The zero-order chi connectivity index (χ0) is 12.4. The molecule has 0 saturated carbocycles. The number of likely N-dealkylation sites (tertiary alicyclic amines) is 1. The van der Waals surface area contributed by atoms with E-state index in [0.717, 1.165) is 24.1 Å². The molecule has 1 aromatic rings. The number of furan rings is 1. The van der Waals surface area contributed by atoms with Crippen molar-refractivity contribution in [2.45, 2.75) is 46.3 Å². The van der Waals surface area contributed by atoms with Gasteiger partial charge in [-0.1, -0.05) is 13.8 Å². The molecule has 2 rings (SSSR count). The Morgan fingerprint density at radius 2 is 2.18 bits per heavy atom. The third kappa shape index (κ3) is 2.72. The van der Waals surface area contributed by atoms with E-state index in [9.17, 15) is 0 Å². The van der Waals surface area contributed by atoms with Gasteiger partial charge in [-0.3, -0.25) is 4.90 Å². The fourth-order valence-electron chi connectivity index (χ4n) is 2.95. The average Bonchev–Trinajstić information content (AvgIpc) is 2.72. The summed E-state index contributed by atoms with van der Waals surface area (Å²) < 4.78 is 5.39. The first kappa shape index (κ1) is 12.7. The van der Waals surface area contributed by atoms with Gasteiger partial charge in [0.25, 0.3) is 0 Å². The quantitative estimate of drug-likeness (QED) is 0.877. The summed E-state index contributed by atoms with van der Waals surface area (Å²) in [6, 6.07) is 2.70. The van der Waals surface area contributed by atoms with Crippen molar-refractivity contribution in [3.05, 3.63) is 23.7 Å². The van der Waals surface area contributed by atoms with Crippen molar-refractivity contribution < 1.29 is 4.42 Å². The second-order valence-corrected chi connectivity index (χ2v) is 5.56. The molecular formula is C14H24N2O. The normalized spacial score (nSPS) is 30.7. The monoisotopic (exact) mass is 236 g/mol. The summed E-state index contributed by atoms with van der Waals surface area (Å²) in [5.41, 5.74) is 6.93. The molecule has 2 heterocycles. The van der Waals surface area contributed by atoms with E-state index in [4.69, 9.17) is 10.2 Å². The number of hydrogen-bond donors (Lipinski definition) is 1. The van der Waals surface area contributed by atoms with Crippen LogP contribution in [0.2, 0.25) is 0 Å². The fraction of sp³-hybridized carbons (Fsp3) is 0.714. The molecule has 3 atom stereocenters. The fourth-order valence-corrected chi connectivity index (χ4v) is 2.95. The molecule has 96 valence electrons. The van der Waals surface area contributed by atoms with Gasteiger partial charge >= 0.3 is 0 Å². The van der Waals surface area contributed by atoms with Crippen LogP contribution in [0.25, 0.3) is 0 Å². The zero-order valence-electron chi connectivity index (χ0n) is 11.1. The minimum Gasteiger partial charge on any atom is -0.468 e. The molecule has 1 aliphatic heterocycles. The van der Waals surface area contributed by atoms with Gasteiger partial charge in [-0.25, -0.2) is 0 Å². The Morgan fingerprint density at radius 1 is 1.41 bits per heavy atom. The summed E-state index contributed by atoms with van der Waals surface area (Å²) in [7, 11) is 0. The van der Waals surface area contributed by atoms with Gasteiger partial charge in [0.2, 0.25) is 0 Å². The first-order chi connectivity index (χ1) is 8.11. The standard InChI is InChI=1S/C14H24N2O/c1-10-6-11(2)12(3)16(8-10)9-13-4-5-17-14(13)7-15/h4-5,10-12H,6-9,15H2,1-3H3. The molecule has 3 nitrogen and oxygen atoms in total. The van der Waals surface area contributed by atoms with Crippen molar-refractivity contribution >= 4 is 0 Å². The largest absolute Gasteiger partial charge is 0.468 e. The Labute approximate surface area is 104 Å². The van der Waals surface area contributed by atoms with Gasteiger partial charge in [-0.05, 0) is 31.2 Å². The molecule has 0 amide bonds. The summed E-state index contributed by atoms with van der Waals surface area (Å²) in [6.07, 6.45) is 3.09. The number of rotatable bonds is 3. The van der Waals surface area contributed by atoms with Gasteiger partial charge in [-0.2, -0.15) is 0 Å². The first-order valence-corrected chi connectivity index (χ1v) is 6.61. The Kier molecular flexibility index (Phi) is 3.89. The van der Waals surface area contributed by atoms with E-state index in [2.05, 4.69) is 31.7 Å². The minimum absolute atomic E-state index is 0.496. The van der Waals surface area contributed by atoms with Crippen LogP contribution in [0.3, 0.4) is 0 Å².